The fourth-order valence-electron chi connectivity index (χ4n) is 0.772. The first-order valence-corrected chi connectivity index (χ1v) is 5.70. The smallest absolute Gasteiger partial charge is 0.262 e. The van der Waals surface area contributed by atoms with Gasteiger partial charge in [-0.3, -0.25) is 9.59 Å². The van der Waals surface area contributed by atoms with E-state index in [9.17, 15) is 14.0 Å². The van der Waals surface area contributed by atoms with Crippen LogP contribution in [-0.2, 0) is 9.59 Å². The van der Waals surface area contributed by atoms with Crippen molar-refractivity contribution >= 4 is 29.8 Å². The molecule has 2 amide bonds. The molecule has 0 unspecified atom stereocenters. The zero-order chi connectivity index (χ0) is 12.6. The van der Waals surface area contributed by atoms with Crippen molar-refractivity contribution in [1.82, 2.24) is 10.6 Å². The van der Waals surface area contributed by atoms with E-state index in [-0.39, 0.29) is 17.4 Å². The number of nitrogens with zero attached hydrogens (tertiary/aromatic N) is 1. The quantitative estimate of drug-likeness (QED) is 0.421. The third-order valence-electron chi connectivity index (χ3n) is 1.53. The summed E-state index contributed by atoms with van der Waals surface area (Å²) >= 11 is 0.932. The maximum Gasteiger partial charge on any atom is 0.262 e. The van der Waals surface area contributed by atoms with E-state index >= 15 is 0 Å². The second-order valence-electron chi connectivity index (χ2n) is 2.57. The van der Waals surface area contributed by atoms with Crippen LogP contribution in [0.2, 0.25) is 0 Å². The second kappa shape index (κ2) is 7.86. The van der Waals surface area contributed by atoms with Crippen LogP contribution in [-0.4, -0.2) is 37.9 Å². The zero-order valence-corrected chi connectivity index (χ0v) is 10.2. The highest BCUT2D eigenvalue weighted by molar-refractivity contribution is 8.03. The number of likely N-dealkylation sites (N-methyl/N-ethyl adjacent to an activating group) is 1. The SMILES string of the molecule is CC=N/C(F)=C(\SC)C(=O)NCC(=O)NC. The second-order valence-corrected chi connectivity index (χ2v) is 3.38. The Labute approximate surface area is 97.6 Å². The molecule has 0 aliphatic heterocycles. The number of rotatable bonds is 5. The topological polar surface area (TPSA) is 70.6 Å². The summed E-state index contributed by atoms with van der Waals surface area (Å²) in [6, 6.07) is 0. The number of amides is 2. The largest absolute Gasteiger partial charge is 0.358 e. The van der Waals surface area contributed by atoms with E-state index in [2.05, 4.69) is 15.6 Å². The molecule has 0 heterocycles. The minimum absolute atomic E-state index is 0.151. The number of halogens is 1. The highest BCUT2D eigenvalue weighted by Gasteiger charge is 2.14. The molecule has 0 saturated carbocycles. The predicted molar refractivity (Wildman–Crippen MR) is 62.9 cm³/mol. The van der Waals surface area contributed by atoms with Crippen molar-refractivity contribution < 1.29 is 14.0 Å². The van der Waals surface area contributed by atoms with Gasteiger partial charge >= 0.3 is 0 Å². The summed E-state index contributed by atoms with van der Waals surface area (Å²) in [4.78, 5) is 25.5. The van der Waals surface area contributed by atoms with Crippen LogP contribution in [0.5, 0.6) is 0 Å². The minimum atomic E-state index is -0.857. The number of carbonyl (C=O) groups excluding carboxylic acids is 2. The van der Waals surface area contributed by atoms with E-state index in [1.165, 1.54) is 13.3 Å². The number of thioether (sulfide) groups is 1. The minimum Gasteiger partial charge on any atom is -0.358 e. The summed E-state index contributed by atoms with van der Waals surface area (Å²) in [7, 11) is 1.45. The number of nitrogens with one attached hydrogen (secondary N) is 2. The van der Waals surface area contributed by atoms with Crippen LogP contribution in [0.3, 0.4) is 0 Å². The Bertz CT molecular complexity index is 329. The lowest BCUT2D eigenvalue weighted by Gasteiger charge is -2.05. The van der Waals surface area contributed by atoms with E-state index in [0.717, 1.165) is 11.8 Å². The Kier molecular flexibility index (Phi) is 7.19. The average molecular weight is 247 g/mol. The molecule has 0 aromatic carbocycles. The molecule has 7 heteroatoms. The van der Waals surface area contributed by atoms with E-state index < -0.39 is 11.9 Å². The summed E-state index contributed by atoms with van der Waals surface area (Å²) in [6.07, 6.45) is 2.80. The van der Waals surface area contributed by atoms with Gasteiger partial charge in [-0.2, -0.15) is 4.39 Å². The van der Waals surface area contributed by atoms with Crippen molar-refractivity contribution in [3.8, 4) is 0 Å². The highest BCUT2D eigenvalue weighted by Crippen LogP contribution is 2.18. The number of aliphatic imine (C=N–C) groups is 1. The number of carbonyl (C=O) groups is 2. The highest BCUT2D eigenvalue weighted by atomic mass is 32.2. The van der Waals surface area contributed by atoms with Crippen molar-refractivity contribution in [3.63, 3.8) is 0 Å². The Hall–Kier alpha value is -1.37. The van der Waals surface area contributed by atoms with Gasteiger partial charge in [0.05, 0.1) is 6.54 Å². The molecule has 90 valence electrons. The molecule has 5 nitrogen and oxygen atoms in total. The first-order valence-electron chi connectivity index (χ1n) is 4.48. The summed E-state index contributed by atoms with van der Waals surface area (Å²) in [5.74, 6) is -1.86. The summed E-state index contributed by atoms with van der Waals surface area (Å²) in [5.41, 5.74) is 0. The van der Waals surface area contributed by atoms with Crippen LogP contribution in [0.25, 0.3) is 0 Å². The van der Waals surface area contributed by atoms with Crippen molar-refractivity contribution in [2.75, 3.05) is 19.8 Å². The summed E-state index contributed by atoms with van der Waals surface area (Å²) < 4.78 is 13.2. The Balaban J connectivity index is 4.55. The lowest BCUT2D eigenvalue weighted by Crippen LogP contribution is -2.35. The third-order valence-corrected chi connectivity index (χ3v) is 2.29. The van der Waals surface area contributed by atoms with Gasteiger partial charge in [0.25, 0.3) is 5.91 Å². The average Bonchev–Trinajstić information content (AvgIpc) is 2.27. The molecule has 0 rings (SSSR count). The molecule has 0 saturated heterocycles. The third kappa shape index (κ3) is 4.92. The van der Waals surface area contributed by atoms with E-state index in [0.29, 0.717) is 0 Å². The molecule has 0 bridgehead atoms. The van der Waals surface area contributed by atoms with Crippen LogP contribution < -0.4 is 10.6 Å². The Morgan fingerprint density at radius 3 is 2.56 bits per heavy atom. The standard InChI is InChI=1S/C9H14FN3O2S/c1-4-12-8(10)7(16-3)9(15)13-5-6(14)11-2/h4H,5H2,1-3H3,(H,11,14)(H,13,15)/b8-7-,12-4?. The predicted octanol–water partition coefficient (Wildman–Crippen LogP) is 0.441. The zero-order valence-electron chi connectivity index (χ0n) is 9.33. The van der Waals surface area contributed by atoms with Crippen molar-refractivity contribution in [1.29, 1.82) is 0 Å². The molecule has 0 aromatic rings. The van der Waals surface area contributed by atoms with Gasteiger partial charge in [0.2, 0.25) is 11.9 Å². The number of hydrogen-bond acceptors (Lipinski definition) is 4. The van der Waals surface area contributed by atoms with Gasteiger partial charge in [-0.15, -0.1) is 11.8 Å². The maximum atomic E-state index is 13.2. The first-order chi connectivity index (χ1) is 7.56. The molecule has 0 aliphatic rings. The molecule has 0 aliphatic carbocycles. The molecular formula is C9H14FN3O2S. The van der Waals surface area contributed by atoms with Crippen LogP contribution in [0.15, 0.2) is 15.8 Å². The Morgan fingerprint density at radius 2 is 2.12 bits per heavy atom. The van der Waals surface area contributed by atoms with Crippen LogP contribution in [0.4, 0.5) is 4.39 Å². The maximum absolute atomic E-state index is 13.2. The van der Waals surface area contributed by atoms with Gasteiger partial charge in [-0.05, 0) is 13.2 Å². The summed E-state index contributed by atoms with van der Waals surface area (Å²) in [5, 5.41) is 4.61. The lowest BCUT2D eigenvalue weighted by atomic mass is 10.5. The van der Waals surface area contributed by atoms with Gasteiger partial charge in [-0.25, -0.2) is 4.99 Å². The molecule has 16 heavy (non-hydrogen) atoms. The van der Waals surface area contributed by atoms with E-state index in [4.69, 9.17) is 0 Å². The van der Waals surface area contributed by atoms with E-state index in [1.807, 2.05) is 0 Å². The molecule has 0 fully saturated rings. The molecule has 0 spiro atoms. The Morgan fingerprint density at radius 1 is 1.50 bits per heavy atom. The van der Waals surface area contributed by atoms with Gasteiger partial charge in [0.15, 0.2) is 0 Å². The monoisotopic (exact) mass is 247 g/mol. The fourth-order valence-corrected chi connectivity index (χ4v) is 1.25. The normalized spacial score (nSPS) is 12.2. The fraction of sp³-hybridized carbons (Fsp3) is 0.444. The molecule has 0 aromatic heterocycles. The van der Waals surface area contributed by atoms with Crippen LogP contribution in [0, 0.1) is 0 Å². The van der Waals surface area contributed by atoms with Crippen molar-refractivity contribution in [3.05, 3.63) is 10.9 Å². The number of hydrogen-bond donors (Lipinski definition) is 2. The molecule has 0 atom stereocenters. The van der Waals surface area contributed by atoms with Gasteiger partial charge < -0.3 is 10.6 Å². The van der Waals surface area contributed by atoms with Gasteiger partial charge in [0.1, 0.15) is 4.91 Å². The van der Waals surface area contributed by atoms with Crippen molar-refractivity contribution in [2.45, 2.75) is 6.92 Å². The summed E-state index contributed by atoms with van der Waals surface area (Å²) in [6.45, 7) is 1.35. The van der Waals surface area contributed by atoms with Gasteiger partial charge in [0, 0.05) is 13.3 Å². The lowest BCUT2D eigenvalue weighted by molar-refractivity contribution is -0.123. The molecular weight excluding hydrogens is 233 g/mol. The first kappa shape index (κ1) is 14.6. The van der Waals surface area contributed by atoms with Gasteiger partial charge in [-0.1, -0.05) is 0 Å². The van der Waals surface area contributed by atoms with Crippen LogP contribution >= 0.6 is 11.8 Å². The van der Waals surface area contributed by atoms with Crippen LogP contribution in [0.1, 0.15) is 6.92 Å². The van der Waals surface area contributed by atoms with E-state index in [1.54, 1.807) is 13.2 Å². The molecule has 0 radical (unpaired) electrons. The molecule has 2 N–H and O–H groups in total. The van der Waals surface area contributed by atoms with Crippen molar-refractivity contribution in [2.24, 2.45) is 4.99 Å².